The number of rotatable bonds is 3. The van der Waals surface area contributed by atoms with Crippen LogP contribution in [0.5, 0.6) is 0 Å². The SMILES string of the molecule is Cc1nc(CC(Cl)C2CC2)cc2n[nH]c(=O)n12. The number of fused-ring (bicyclic) bond motifs is 1. The van der Waals surface area contributed by atoms with E-state index in [1.807, 2.05) is 6.07 Å². The molecule has 17 heavy (non-hydrogen) atoms. The van der Waals surface area contributed by atoms with Crippen molar-refractivity contribution >= 4 is 17.2 Å². The lowest BCUT2D eigenvalue weighted by molar-refractivity contribution is 0.718. The van der Waals surface area contributed by atoms with E-state index in [1.54, 1.807) is 6.92 Å². The Morgan fingerprint density at radius 1 is 1.65 bits per heavy atom. The fourth-order valence-electron chi connectivity index (χ4n) is 2.09. The highest BCUT2D eigenvalue weighted by molar-refractivity contribution is 6.21. The molecule has 1 N–H and O–H groups in total. The standard InChI is InChI=1S/C11H13ClN4O/c1-6-13-8(4-9(12)7-2-3-7)5-10-14-15-11(17)16(6)10/h5,7,9H,2-4H2,1H3,(H,15,17). The quantitative estimate of drug-likeness (QED) is 0.838. The summed E-state index contributed by atoms with van der Waals surface area (Å²) in [4.78, 5) is 15.8. The molecule has 1 saturated carbocycles. The smallest absolute Gasteiger partial charge is 0.246 e. The van der Waals surface area contributed by atoms with E-state index in [1.165, 1.54) is 17.2 Å². The fraction of sp³-hybridized carbons (Fsp3) is 0.545. The first-order chi connectivity index (χ1) is 8.15. The Kier molecular flexibility index (Phi) is 2.43. The van der Waals surface area contributed by atoms with Gasteiger partial charge < -0.3 is 0 Å². The van der Waals surface area contributed by atoms with Crippen molar-refractivity contribution in [2.24, 2.45) is 5.92 Å². The molecule has 3 rings (SSSR count). The van der Waals surface area contributed by atoms with Crippen molar-refractivity contribution in [2.45, 2.75) is 31.6 Å². The second-order valence-corrected chi connectivity index (χ2v) is 5.14. The Labute approximate surface area is 103 Å². The van der Waals surface area contributed by atoms with Crippen molar-refractivity contribution in [3.05, 3.63) is 28.1 Å². The highest BCUT2D eigenvalue weighted by atomic mass is 35.5. The Balaban J connectivity index is 1.97. The molecule has 6 heteroatoms. The number of nitrogens with zero attached hydrogens (tertiary/aromatic N) is 3. The second-order valence-electron chi connectivity index (χ2n) is 4.57. The van der Waals surface area contributed by atoms with E-state index in [4.69, 9.17) is 11.6 Å². The number of H-pyrrole nitrogens is 1. The van der Waals surface area contributed by atoms with Crippen LogP contribution in [0.2, 0.25) is 0 Å². The van der Waals surface area contributed by atoms with Crippen molar-refractivity contribution in [1.29, 1.82) is 0 Å². The summed E-state index contributed by atoms with van der Waals surface area (Å²) >= 11 is 6.28. The van der Waals surface area contributed by atoms with Crippen molar-refractivity contribution in [1.82, 2.24) is 19.6 Å². The molecule has 0 spiro atoms. The zero-order valence-electron chi connectivity index (χ0n) is 9.48. The molecular formula is C11H13ClN4O. The lowest BCUT2D eigenvalue weighted by Crippen LogP contribution is -2.15. The molecular weight excluding hydrogens is 240 g/mol. The minimum absolute atomic E-state index is 0.148. The first kappa shape index (κ1) is 10.8. The van der Waals surface area contributed by atoms with Crippen LogP contribution in [0.1, 0.15) is 24.4 Å². The number of aromatic amines is 1. The molecule has 1 aliphatic rings. The summed E-state index contributed by atoms with van der Waals surface area (Å²) in [5, 5.41) is 6.52. The molecule has 90 valence electrons. The third-order valence-electron chi connectivity index (χ3n) is 3.16. The van der Waals surface area contributed by atoms with Gasteiger partial charge in [0.1, 0.15) is 5.82 Å². The van der Waals surface area contributed by atoms with Gasteiger partial charge in [-0.05, 0) is 25.7 Å². The van der Waals surface area contributed by atoms with Crippen LogP contribution in [-0.4, -0.2) is 25.0 Å². The maximum absolute atomic E-state index is 11.4. The number of alkyl halides is 1. The van der Waals surface area contributed by atoms with E-state index in [9.17, 15) is 4.79 Å². The number of aromatic nitrogens is 4. The van der Waals surface area contributed by atoms with Gasteiger partial charge in [0.2, 0.25) is 0 Å². The highest BCUT2D eigenvalue weighted by Gasteiger charge is 2.30. The molecule has 2 aromatic heterocycles. The molecule has 0 aromatic carbocycles. The van der Waals surface area contributed by atoms with Crippen LogP contribution in [-0.2, 0) is 6.42 Å². The summed E-state index contributed by atoms with van der Waals surface area (Å²) in [6.45, 7) is 1.80. The summed E-state index contributed by atoms with van der Waals surface area (Å²) in [7, 11) is 0. The Morgan fingerprint density at radius 3 is 3.12 bits per heavy atom. The van der Waals surface area contributed by atoms with Crippen molar-refractivity contribution < 1.29 is 0 Å². The number of nitrogens with one attached hydrogen (secondary N) is 1. The van der Waals surface area contributed by atoms with Crippen molar-refractivity contribution in [3.63, 3.8) is 0 Å². The van der Waals surface area contributed by atoms with Crippen LogP contribution < -0.4 is 5.69 Å². The van der Waals surface area contributed by atoms with Crippen LogP contribution in [0, 0.1) is 12.8 Å². The second kappa shape index (κ2) is 3.84. The molecule has 1 unspecified atom stereocenters. The molecule has 0 aliphatic heterocycles. The van der Waals surface area contributed by atoms with E-state index in [0.29, 0.717) is 17.4 Å². The zero-order chi connectivity index (χ0) is 12.0. The largest absolute Gasteiger partial charge is 0.349 e. The van der Waals surface area contributed by atoms with Crippen LogP contribution in [0.4, 0.5) is 0 Å². The topological polar surface area (TPSA) is 63.0 Å². The van der Waals surface area contributed by atoms with Crippen molar-refractivity contribution in [3.8, 4) is 0 Å². The number of halogens is 1. The molecule has 1 fully saturated rings. The molecule has 1 aliphatic carbocycles. The summed E-state index contributed by atoms with van der Waals surface area (Å²) in [6.07, 6.45) is 3.18. The lowest BCUT2D eigenvalue weighted by atomic mass is 10.1. The molecule has 5 nitrogen and oxygen atoms in total. The predicted octanol–water partition coefficient (Wildman–Crippen LogP) is 1.29. The summed E-state index contributed by atoms with van der Waals surface area (Å²) in [5.74, 6) is 1.28. The monoisotopic (exact) mass is 252 g/mol. The molecule has 2 heterocycles. The van der Waals surface area contributed by atoms with E-state index >= 15 is 0 Å². The van der Waals surface area contributed by atoms with Crippen molar-refractivity contribution in [2.75, 3.05) is 0 Å². The maximum atomic E-state index is 11.4. The summed E-state index contributed by atoms with van der Waals surface area (Å²) in [5.41, 5.74) is 1.26. The Morgan fingerprint density at radius 2 is 2.41 bits per heavy atom. The average molecular weight is 253 g/mol. The summed E-state index contributed by atoms with van der Waals surface area (Å²) < 4.78 is 1.46. The van der Waals surface area contributed by atoms with Gasteiger partial charge in [-0.15, -0.1) is 11.6 Å². The minimum atomic E-state index is -0.249. The van der Waals surface area contributed by atoms with Gasteiger partial charge in [0.15, 0.2) is 5.65 Å². The summed E-state index contributed by atoms with van der Waals surface area (Å²) in [6, 6.07) is 1.82. The lowest BCUT2D eigenvalue weighted by Gasteiger charge is -2.08. The van der Waals surface area contributed by atoms with Gasteiger partial charge in [-0.3, -0.25) is 0 Å². The van der Waals surface area contributed by atoms with E-state index < -0.39 is 0 Å². The number of aryl methyl sites for hydroxylation is 1. The molecule has 0 bridgehead atoms. The normalized spacial score (nSPS) is 17.5. The molecule has 2 aromatic rings. The van der Waals surface area contributed by atoms with Gasteiger partial charge in [-0.1, -0.05) is 0 Å². The third kappa shape index (κ3) is 1.95. The zero-order valence-corrected chi connectivity index (χ0v) is 10.2. The van der Waals surface area contributed by atoms with Gasteiger partial charge in [-0.2, -0.15) is 5.10 Å². The molecule has 0 saturated heterocycles. The van der Waals surface area contributed by atoms with Crippen LogP contribution in [0.25, 0.3) is 5.65 Å². The molecule has 0 radical (unpaired) electrons. The van der Waals surface area contributed by atoms with E-state index in [0.717, 1.165) is 12.1 Å². The average Bonchev–Trinajstić information content (AvgIpc) is 3.04. The van der Waals surface area contributed by atoms with Gasteiger partial charge in [0.05, 0.1) is 0 Å². The fourth-order valence-corrected chi connectivity index (χ4v) is 2.50. The number of hydrogen-bond donors (Lipinski definition) is 1. The Bertz CT molecular complexity index is 613. The van der Waals surface area contributed by atoms with Crippen LogP contribution in [0.15, 0.2) is 10.9 Å². The van der Waals surface area contributed by atoms with Gasteiger partial charge in [0, 0.05) is 23.6 Å². The first-order valence-electron chi connectivity index (χ1n) is 5.73. The van der Waals surface area contributed by atoms with E-state index in [-0.39, 0.29) is 11.1 Å². The number of hydrogen-bond acceptors (Lipinski definition) is 3. The van der Waals surface area contributed by atoms with Gasteiger partial charge in [0.25, 0.3) is 0 Å². The maximum Gasteiger partial charge on any atom is 0.349 e. The van der Waals surface area contributed by atoms with Crippen LogP contribution in [0.3, 0.4) is 0 Å². The third-order valence-corrected chi connectivity index (χ3v) is 3.67. The molecule has 1 atom stereocenters. The minimum Gasteiger partial charge on any atom is -0.246 e. The van der Waals surface area contributed by atoms with Gasteiger partial charge in [-0.25, -0.2) is 19.3 Å². The van der Waals surface area contributed by atoms with Crippen LogP contribution >= 0.6 is 11.6 Å². The first-order valence-corrected chi connectivity index (χ1v) is 6.16. The molecule has 0 amide bonds. The highest BCUT2D eigenvalue weighted by Crippen LogP contribution is 2.36. The Hall–Kier alpha value is -1.36. The van der Waals surface area contributed by atoms with Gasteiger partial charge >= 0.3 is 5.69 Å². The predicted molar refractivity (Wildman–Crippen MR) is 64.4 cm³/mol. The van der Waals surface area contributed by atoms with E-state index in [2.05, 4.69) is 15.2 Å².